The SMILES string of the molecule is Cc1ncccc1C(N)C1CC(C)CC(C)C1. The number of nitrogens with zero attached hydrogens (tertiary/aromatic N) is 1. The van der Waals surface area contributed by atoms with E-state index in [2.05, 4.69) is 31.8 Å². The van der Waals surface area contributed by atoms with E-state index in [1.54, 1.807) is 0 Å². The predicted molar refractivity (Wildman–Crippen MR) is 71.6 cm³/mol. The zero-order valence-corrected chi connectivity index (χ0v) is 11.2. The van der Waals surface area contributed by atoms with Crippen molar-refractivity contribution in [2.24, 2.45) is 23.5 Å². The molecule has 1 fully saturated rings. The summed E-state index contributed by atoms with van der Waals surface area (Å²) in [4.78, 5) is 4.35. The highest BCUT2D eigenvalue weighted by atomic mass is 14.7. The smallest absolute Gasteiger partial charge is 0.0420 e. The van der Waals surface area contributed by atoms with E-state index in [4.69, 9.17) is 5.73 Å². The molecule has 3 atom stereocenters. The van der Waals surface area contributed by atoms with Gasteiger partial charge in [-0.25, -0.2) is 0 Å². The van der Waals surface area contributed by atoms with E-state index in [0.717, 1.165) is 17.5 Å². The fraction of sp³-hybridized carbons (Fsp3) is 0.667. The first-order valence-corrected chi connectivity index (χ1v) is 6.75. The van der Waals surface area contributed by atoms with Crippen molar-refractivity contribution in [3.05, 3.63) is 29.6 Å². The molecule has 2 N–H and O–H groups in total. The van der Waals surface area contributed by atoms with Crippen LogP contribution in [-0.4, -0.2) is 4.98 Å². The molecule has 2 rings (SSSR count). The van der Waals surface area contributed by atoms with Gasteiger partial charge in [0, 0.05) is 17.9 Å². The van der Waals surface area contributed by atoms with Gasteiger partial charge < -0.3 is 5.73 Å². The number of rotatable bonds is 2. The lowest BCUT2D eigenvalue weighted by Gasteiger charge is -2.35. The Morgan fingerprint density at radius 3 is 2.47 bits per heavy atom. The van der Waals surface area contributed by atoms with Crippen molar-refractivity contribution >= 4 is 0 Å². The number of hydrogen-bond donors (Lipinski definition) is 1. The third kappa shape index (κ3) is 2.86. The first-order valence-electron chi connectivity index (χ1n) is 6.75. The van der Waals surface area contributed by atoms with Gasteiger partial charge in [0.15, 0.2) is 0 Å². The van der Waals surface area contributed by atoms with Crippen molar-refractivity contribution in [1.29, 1.82) is 0 Å². The zero-order chi connectivity index (χ0) is 12.4. The van der Waals surface area contributed by atoms with Gasteiger partial charge in [-0.05, 0) is 55.6 Å². The molecule has 1 aromatic heterocycles. The summed E-state index contributed by atoms with van der Waals surface area (Å²) in [5, 5.41) is 0. The van der Waals surface area contributed by atoms with Crippen LogP contribution in [0.25, 0.3) is 0 Å². The molecule has 2 heteroatoms. The van der Waals surface area contributed by atoms with Crippen molar-refractivity contribution in [3.8, 4) is 0 Å². The molecule has 0 aromatic carbocycles. The molecular formula is C15H24N2. The van der Waals surface area contributed by atoms with Crippen LogP contribution in [0, 0.1) is 24.7 Å². The maximum absolute atomic E-state index is 6.46. The van der Waals surface area contributed by atoms with E-state index in [-0.39, 0.29) is 6.04 Å². The molecule has 94 valence electrons. The molecule has 0 bridgehead atoms. The van der Waals surface area contributed by atoms with Crippen LogP contribution in [-0.2, 0) is 0 Å². The monoisotopic (exact) mass is 232 g/mol. The van der Waals surface area contributed by atoms with Gasteiger partial charge in [0.2, 0.25) is 0 Å². The van der Waals surface area contributed by atoms with Crippen LogP contribution in [0.15, 0.2) is 18.3 Å². The van der Waals surface area contributed by atoms with Crippen molar-refractivity contribution in [2.45, 2.75) is 46.1 Å². The molecule has 0 amide bonds. The molecule has 0 spiro atoms. The van der Waals surface area contributed by atoms with Crippen LogP contribution in [0.5, 0.6) is 0 Å². The molecule has 0 saturated heterocycles. The van der Waals surface area contributed by atoms with Crippen molar-refractivity contribution in [2.75, 3.05) is 0 Å². The van der Waals surface area contributed by atoms with Crippen molar-refractivity contribution < 1.29 is 0 Å². The molecule has 1 aromatic rings. The van der Waals surface area contributed by atoms with Gasteiger partial charge in [0.05, 0.1) is 0 Å². The fourth-order valence-electron chi connectivity index (χ4n) is 3.41. The van der Waals surface area contributed by atoms with E-state index in [9.17, 15) is 0 Å². The third-order valence-electron chi connectivity index (χ3n) is 4.13. The van der Waals surface area contributed by atoms with Crippen LogP contribution in [0.1, 0.15) is 50.4 Å². The van der Waals surface area contributed by atoms with E-state index >= 15 is 0 Å². The van der Waals surface area contributed by atoms with Gasteiger partial charge in [-0.2, -0.15) is 0 Å². The van der Waals surface area contributed by atoms with Gasteiger partial charge in [-0.15, -0.1) is 0 Å². The van der Waals surface area contributed by atoms with Crippen LogP contribution in [0.3, 0.4) is 0 Å². The number of aryl methyl sites for hydroxylation is 1. The highest BCUT2D eigenvalue weighted by Gasteiger charge is 2.29. The van der Waals surface area contributed by atoms with Crippen LogP contribution in [0.4, 0.5) is 0 Å². The highest BCUT2D eigenvalue weighted by Crippen LogP contribution is 2.39. The fourth-order valence-corrected chi connectivity index (χ4v) is 3.41. The quantitative estimate of drug-likeness (QED) is 0.848. The first-order chi connectivity index (χ1) is 8.08. The second-order valence-electron chi connectivity index (χ2n) is 5.88. The van der Waals surface area contributed by atoms with Gasteiger partial charge in [0.1, 0.15) is 0 Å². The summed E-state index contributed by atoms with van der Waals surface area (Å²) in [6, 6.07) is 4.29. The molecule has 3 unspecified atom stereocenters. The minimum absolute atomic E-state index is 0.161. The molecule has 1 aliphatic carbocycles. The number of hydrogen-bond acceptors (Lipinski definition) is 2. The maximum Gasteiger partial charge on any atom is 0.0420 e. The van der Waals surface area contributed by atoms with Gasteiger partial charge in [-0.1, -0.05) is 19.9 Å². The van der Waals surface area contributed by atoms with Crippen molar-refractivity contribution in [1.82, 2.24) is 4.98 Å². The van der Waals surface area contributed by atoms with Crippen molar-refractivity contribution in [3.63, 3.8) is 0 Å². The first kappa shape index (κ1) is 12.6. The molecule has 0 radical (unpaired) electrons. The minimum atomic E-state index is 0.161. The van der Waals surface area contributed by atoms with Crippen LogP contribution >= 0.6 is 0 Å². The second kappa shape index (κ2) is 5.18. The summed E-state index contributed by atoms with van der Waals surface area (Å²) in [6.45, 7) is 6.77. The van der Waals surface area contributed by atoms with Crippen LogP contribution < -0.4 is 5.73 Å². The standard InChI is InChI=1S/C15H24N2/c1-10-7-11(2)9-13(8-10)15(16)14-5-4-6-17-12(14)3/h4-6,10-11,13,15H,7-9,16H2,1-3H3. The van der Waals surface area contributed by atoms with Crippen LogP contribution in [0.2, 0.25) is 0 Å². The maximum atomic E-state index is 6.46. The Morgan fingerprint density at radius 2 is 1.88 bits per heavy atom. The Labute approximate surface area is 105 Å². The minimum Gasteiger partial charge on any atom is -0.324 e. The summed E-state index contributed by atoms with van der Waals surface area (Å²) in [5.74, 6) is 2.25. The normalized spacial score (nSPS) is 31.2. The lowest BCUT2D eigenvalue weighted by molar-refractivity contribution is 0.193. The largest absolute Gasteiger partial charge is 0.324 e. The van der Waals surface area contributed by atoms with E-state index in [1.165, 1.54) is 24.8 Å². The average Bonchev–Trinajstić information content (AvgIpc) is 2.27. The number of aromatic nitrogens is 1. The summed E-state index contributed by atoms with van der Waals surface area (Å²) in [7, 11) is 0. The summed E-state index contributed by atoms with van der Waals surface area (Å²) >= 11 is 0. The molecule has 2 nitrogen and oxygen atoms in total. The lowest BCUT2D eigenvalue weighted by atomic mass is 9.72. The average molecular weight is 232 g/mol. The predicted octanol–water partition coefficient (Wildman–Crippen LogP) is 3.46. The molecule has 0 aliphatic heterocycles. The summed E-state index contributed by atoms with van der Waals surface area (Å²) in [6.07, 6.45) is 5.73. The van der Waals surface area contributed by atoms with Gasteiger partial charge in [-0.3, -0.25) is 4.98 Å². The molecule has 17 heavy (non-hydrogen) atoms. The number of nitrogens with two attached hydrogens (primary N) is 1. The second-order valence-corrected chi connectivity index (χ2v) is 5.88. The van der Waals surface area contributed by atoms with E-state index in [0.29, 0.717) is 5.92 Å². The zero-order valence-electron chi connectivity index (χ0n) is 11.2. The Hall–Kier alpha value is -0.890. The lowest BCUT2D eigenvalue weighted by Crippen LogP contribution is -2.29. The molecule has 1 aliphatic rings. The third-order valence-corrected chi connectivity index (χ3v) is 4.13. The number of pyridine rings is 1. The summed E-state index contributed by atoms with van der Waals surface area (Å²) < 4.78 is 0. The Kier molecular flexibility index (Phi) is 3.82. The molecular weight excluding hydrogens is 208 g/mol. The molecule has 1 saturated carbocycles. The topological polar surface area (TPSA) is 38.9 Å². The Balaban J connectivity index is 2.14. The van der Waals surface area contributed by atoms with E-state index < -0.39 is 0 Å². The Bertz CT molecular complexity index is 365. The Morgan fingerprint density at radius 1 is 1.24 bits per heavy atom. The van der Waals surface area contributed by atoms with E-state index in [1.807, 2.05) is 12.3 Å². The van der Waals surface area contributed by atoms with Gasteiger partial charge >= 0.3 is 0 Å². The highest BCUT2D eigenvalue weighted by molar-refractivity contribution is 5.23. The van der Waals surface area contributed by atoms with Gasteiger partial charge in [0.25, 0.3) is 0 Å². The summed E-state index contributed by atoms with van der Waals surface area (Å²) in [5.41, 5.74) is 8.78. The molecule has 1 heterocycles.